The molecule has 0 aliphatic carbocycles. The highest BCUT2D eigenvalue weighted by atomic mass is 79.9. The van der Waals surface area contributed by atoms with E-state index < -0.39 is 40.4 Å². The molecule has 0 saturated heterocycles. The van der Waals surface area contributed by atoms with Gasteiger partial charge in [0.1, 0.15) is 34.5 Å². The van der Waals surface area contributed by atoms with Crippen LogP contribution in [0.5, 0.6) is 34.5 Å². The van der Waals surface area contributed by atoms with E-state index in [4.69, 9.17) is 20.0 Å². The van der Waals surface area contributed by atoms with Gasteiger partial charge in [0.05, 0.1) is 8.95 Å². The maximum atomic E-state index is 15.5. The molecule has 0 aliphatic rings. The van der Waals surface area contributed by atoms with E-state index >= 15 is 26.3 Å². The second kappa shape index (κ2) is 13.5. The molecule has 232 valence electrons. The summed E-state index contributed by atoms with van der Waals surface area (Å²) in [7, 11) is 0. The van der Waals surface area contributed by atoms with Gasteiger partial charge in [0.15, 0.2) is 0 Å². The number of halogens is 10. The second-order valence-electron chi connectivity index (χ2n) is 8.81. The highest BCUT2D eigenvalue weighted by Crippen LogP contribution is 2.62. The minimum atomic E-state index is -6.04. The van der Waals surface area contributed by atoms with Crippen LogP contribution in [-0.4, -0.2) is 12.4 Å². The number of rotatable bonds is 8. The largest absolute Gasteiger partial charge is 0.456 e. The van der Waals surface area contributed by atoms with Gasteiger partial charge in [-0.05, 0) is 105 Å². The van der Waals surface area contributed by atoms with Crippen molar-refractivity contribution < 1.29 is 45.3 Å². The van der Waals surface area contributed by atoms with Crippen LogP contribution >= 0.6 is 63.7 Å². The lowest BCUT2D eigenvalue weighted by Crippen LogP contribution is -2.55. The average molecular weight is 886 g/mol. The fourth-order valence-electron chi connectivity index (χ4n) is 4.29. The summed E-state index contributed by atoms with van der Waals surface area (Å²) in [6.07, 6.45) is -9.20. The van der Waals surface area contributed by atoms with Gasteiger partial charge in [-0.2, -0.15) is 26.3 Å². The number of hydrogen-bond donors (Lipinski definition) is 0. The first-order chi connectivity index (χ1) is 21.1. The molecule has 0 heterocycles. The van der Waals surface area contributed by atoms with E-state index in [1.807, 2.05) is 0 Å². The van der Waals surface area contributed by atoms with Crippen LogP contribution in [0.2, 0.25) is 0 Å². The Kier molecular flexibility index (Phi) is 10.3. The summed E-state index contributed by atoms with van der Waals surface area (Å²) in [6.45, 7) is 0. The first-order valence-electron chi connectivity index (χ1n) is 11.9. The summed E-state index contributed by atoms with van der Waals surface area (Å²) >= 11 is 12.2. The predicted octanol–water partition coefficient (Wildman–Crippen LogP) is 11.5. The minimum Gasteiger partial charge on any atom is -0.456 e. The smallest absolute Gasteiger partial charge is 0.411 e. The van der Waals surface area contributed by atoms with E-state index in [1.165, 1.54) is 73.2 Å². The van der Waals surface area contributed by atoms with Crippen LogP contribution in [0.25, 0.3) is 0 Å². The average Bonchev–Trinajstić information content (AvgIpc) is 2.93. The molecule has 4 rings (SSSR count). The second-order valence-corrected chi connectivity index (χ2v) is 12.3. The van der Waals surface area contributed by atoms with Crippen molar-refractivity contribution in [2.45, 2.75) is 17.8 Å². The molecule has 0 unspecified atom stereocenters. The maximum Gasteiger partial charge on any atom is 0.411 e. The highest BCUT2D eigenvalue weighted by Gasteiger charge is 2.74. The zero-order valence-electron chi connectivity index (χ0n) is 21.7. The van der Waals surface area contributed by atoms with Crippen LogP contribution in [0.4, 0.5) is 26.3 Å². The molecule has 4 aromatic rings. The molecule has 0 bridgehead atoms. The Morgan fingerprint density at radius 2 is 0.822 bits per heavy atom. The van der Waals surface area contributed by atoms with Crippen molar-refractivity contribution in [3.63, 3.8) is 0 Å². The lowest BCUT2D eigenvalue weighted by molar-refractivity contribution is -0.289. The molecule has 0 fully saturated rings. The fraction of sp³-hybridized carbons (Fsp3) is 0.103. The molecule has 0 amide bonds. The predicted molar refractivity (Wildman–Crippen MR) is 162 cm³/mol. The lowest BCUT2D eigenvalue weighted by Gasteiger charge is -2.40. The molecule has 16 heteroatoms. The van der Waals surface area contributed by atoms with E-state index in [0.29, 0.717) is 12.1 Å². The van der Waals surface area contributed by atoms with Crippen molar-refractivity contribution in [1.29, 1.82) is 10.5 Å². The van der Waals surface area contributed by atoms with E-state index in [0.717, 1.165) is 0 Å². The van der Waals surface area contributed by atoms with Crippen molar-refractivity contribution in [3.8, 4) is 47.0 Å². The summed E-state index contributed by atoms with van der Waals surface area (Å²) in [5.41, 5.74) is -7.40. The minimum absolute atomic E-state index is 0.0628. The Bertz CT molecular complexity index is 1670. The topological polar surface area (TPSA) is 84.5 Å². The Hall–Kier alpha value is -3.44. The van der Waals surface area contributed by atoms with E-state index in [9.17, 15) is 0 Å². The quantitative estimate of drug-likeness (QED) is 0.129. The molecular weight excluding hydrogens is 874 g/mol. The molecule has 0 spiro atoms. The molecule has 0 atom stereocenters. The molecule has 0 aromatic heterocycles. The number of ether oxygens (including phenoxy) is 4. The van der Waals surface area contributed by atoms with Crippen LogP contribution in [-0.2, 0) is 5.41 Å². The number of nitrogens with zero attached hydrogens (tertiary/aromatic N) is 2. The molecule has 0 saturated carbocycles. The summed E-state index contributed by atoms with van der Waals surface area (Å²) in [5.74, 6) is -1.80. The molecule has 0 aliphatic heterocycles. The number of alkyl halides is 6. The van der Waals surface area contributed by atoms with Gasteiger partial charge >= 0.3 is 12.4 Å². The van der Waals surface area contributed by atoms with Gasteiger partial charge in [-0.15, -0.1) is 10.5 Å². The third-order valence-electron chi connectivity index (χ3n) is 6.09. The van der Waals surface area contributed by atoms with Crippen LogP contribution in [0, 0.1) is 23.0 Å². The third kappa shape index (κ3) is 7.04. The Labute approximate surface area is 284 Å². The summed E-state index contributed by atoms with van der Waals surface area (Å²) in [5, 5.41) is 17.4. The number of hydrogen-bond acceptors (Lipinski definition) is 6. The van der Waals surface area contributed by atoms with Gasteiger partial charge in [0.2, 0.25) is 5.41 Å². The highest BCUT2D eigenvalue weighted by molar-refractivity contribution is 9.11. The zero-order valence-corrected chi connectivity index (χ0v) is 28.1. The summed E-state index contributed by atoms with van der Waals surface area (Å²) in [6, 6.07) is 13.6. The monoisotopic (exact) mass is 882 g/mol. The van der Waals surface area contributed by atoms with Gasteiger partial charge in [0.25, 0.3) is 12.5 Å². The fourth-order valence-corrected chi connectivity index (χ4v) is 6.91. The van der Waals surface area contributed by atoms with E-state index in [2.05, 4.69) is 73.2 Å². The first kappa shape index (κ1) is 34.4. The van der Waals surface area contributed by atoms with Crippen molar-refractivity contribution in [2.24, 2.45) is 0 Å². The van der Waals surface area contributed by atoms with Crippen molar-refractivity contribution >= 4 is 63.7 Å². The summed E-state index contributed by atoms with van der Waals surface area (Å²) < 4.78 is 113. The normalized spacial score (nSPS) is 11.7. The van der Waals surface area contributed by atoms with E-state index in [1.54, 1.807) is 0 Å². The lowest BCUT2D eigenvalue weighted by atomic mass is 9.72. The van der Waals surface area contributed by atoms with Crippen LogP contribution in [0.3, 0.4) is 0 Å². The van der Waals surface area contributed by atoms with Crippen LogP contribution in [0.1, 0.15) is 11.1 Å². The van der Waals surface area contributed by atoms with Crippen molar-refractivity contribution in [2.75, 3.05) is 0 Å². The van der Waals surface area contributed by atoms with Crippen molar-refractivity contribution in [1.82, 2.24) is 0 Å². The standard InChI is InChI=1S/C29H12Br4F6N2O4/c30-15-9-21(25(23(32)11-15)44-19-5-1-17(2-6-19)42-13-40)27(28(34,35)36,29(37,38)39)22-10-16(31)12-24(33)26(22)45-20-7-3-18(4-8-20)43-14-41/h1-12H. The Morgan fingerprint density at radius 3 is 1.11 bits per heavy atom. The summed E-state index contributed by atoms with van der Waals surface area (Å²) in [4.78, 5) is 0. The Balaban J connectivity index is 2.06. The molecule has 4 aromatic carbocycles. The van der Waals surface area contributed by atoms with Crippen LogP contribution < -0.4 is 18.9 Å². The molecule has 6 nitrogen and oxygen atoms in total. The maximum absolute atomic E-state index is 15.5. The number of nitriles is 2. The zero-order chi connectivity index (χ0) is 33.2. The van der Waals surface area contributed by atoms with Gasteiger partial charge in [0, 0.05) is 20.1 Å². The SMILES string of the molecule is N#COc1ccc(Oc2c(Br)cc(Br)cc2C(c2cc(Br)cc(Br)c2Oc2ccc(OC#N)cc2)(C(F)(F)F)C(F)(F)F)cc1. The van der Waals surface area contributed by atoms with Gasteiger partial charge in [-0.25, -0.2) is 0 Å². The van der Waals surface area contributed by atoms with Gasteiger partial charge in [-0.3, -0.25) is 0 Å². The van der Waals surface area contributed by atoms with Gasteiger partial charge in [-0.1, -0.05) is 31.9 Å². The third-order valence-corrected chi connectivity index (χ3v) is 8.18. The van der Waals surface area contributed by atoms with E-state index in [-0.39, 0.29) is 40.9 Å². The molecule has 0 N–H and O–H groups in total. The molecule has 45 heavy (non-hydrogen) atoms. The van der Waals surface area contributed by atoms with Gasteiger partial charge < -0.3 is 18.9 Å². The first-order valence-corrected chi connectivity index (χ1v) is 15.1. The Morgan fingerprint density at radius 1 is 0.511 bits per heavy atom. The number of benzene rings is 4. The molecule has 0 radical (unpaired) electrons. The van der Waals surface area contributed by atoms with Crippen molar-refractivity contribution in [3.05, 3.63) is 102 Å². The van der Waals surface area contributed by atoms with Crippen LogP contribution in [0.15, 0.2) is 90.7 Å². The molecular formula is C29H12Br4F6N2O4.